The summed E-state index contributed by atoms with van der Waals surface area (Å²) in [6.07, 6.45) is 5.76. The number of rotatable bonds is 1. The number of carbonyl (C=O) groups is 2. The Morgan fingerprint density at radius 1 is 1.03 bits per heavy atom. The first-order valence-corrected chi connectivity index (χ1v) is 13.9. The Kier molecular flexibility index (Phi) is 6.92. The van der Waals surface area contributed by atoms with Crippen LogP contribution in [0.5, 0.6) is 0 Å². The summed E-state index contributed by atoms with van der Waals surface area (Å²) in [6, 6.07) is 0. The first kappa shape index (κ1) is 28.8. The van der Waals surface area contributed by atoms with Crippen molar-refractivity contribution in [3.8, 4) is 0 Å². The molecule has 3 unspecified atom stereocenters. The second kappa shape index (κ2) is 8.65. The molecule has 0 amide bonds. The number of carboxylic acid groups (broad SMARTS) is 1. The maximum absolute atomic E-state index is 12.9. The zero-order valence-electron chi connectivity index (χ0n) is 23.7. The third-order valence-electron chi connectivity index (χ3n) is 13.2. The van der Waals surface area contributed by atoms with Crippen molar-refractivity contribution in [1.82, 2.24) is 0 Å². The minimum Gasteiger partial charge on any atom is -0.550 e. The van der Waals surface area contributed by atoms with Crippen LogP contribution in [0.4, 0.5) is 0 Å². The van der Waals surface area contributed by atoms with E-state index in [-0.39, 0.29) is 81.2 Å². The third kappa shape index (κ3) is 3.31. The van der Waals surface area contributed by atoms with Crippen molar-refractivity contribution in [2.24, 2.45) is 56.7 Å². The second-order valence-electron chi connectivity index (χ2n) is 14.5. The Hall–Kier alpha value is -0.200. The molecule has 2 N–H and O–H groups in total. The van der Waals surface area contributed by atoms with Crippen molar-refractivity contribution in [1.29, 1.82) is 0 Å². The molecular weight excluding hydrogens is 463 g/mol. The van der Waals surface area contributed by atoms with Gasteiger partial charge >= 0.3 is 29.6 Å². The van der Waals surface area contributed by atoms with Crippen LogP contribution in [0.1, 0.15) is 93.4 Å². The minimum atomic E-state index is -1.09. The van der Waals surface area contributed by atoms with Crippen molar-refractivity contribution in [3.05, 3.63) is 11.6 Å². The van der Waals surface area contributed by atoms with Gasteiger partial charge in [0.05, 0.1) is 12.2 Å². The molecule has 11 atom stereocenters. The van der Waals surface area contributed by atoms with Crippen molar-refractivity contribution in [2.75, 3.05) is 0 Å². The number of allylic oxidation sites excluding steroid dienone is 2. The first-order chi connectivity index (χ1) is 16.1. The third-order valence-corrected chi connectivity index (χ3v) is 13.2. The van der Waals surface area contributed by atoms with E-state index in [0.717, 1.165) is 25.7 Å². The minimum absolute atomic E-state index is 0. The van der Waals surface area contributed by atoms with Crippen molar-refractivity contribution < 1.29 is 54.5 Å². The van der Waals surface area contributed by atoms with Gasteiger partial charge in [0.25, 0.3) is 0 Å². The maximum Gasteiger partial charge on any atom is 1.00 e. The van der Waals surface area contributed by atoms with Gasteiger partial charge in [0.15, 0.2) is 0 Å². The summed E-state index contributed by atoms with van der Waals surface area (Å²) in [5.74, 6) is -0.668. The molecule has 36 heavy (non-hydrogen) atoms. The molecule has 0 aromatic rings. The maximum atomic E-state index is 12.9. The molecule has 0 aliphatic heterocycles. The van der Waals surface area contributed by atoms with E-state index < -0.39 is 23.6 Å². The van der Waals surface area contributed by atoms with Gasteiger partial charge in [-0.3, -0.25) is 4.79 Å². The average molecular weight is 509 g/mol. The topological polar surface area (TPSA) is 97.7 Å². The summed E-state index contributed by atoms with van der Waals surface area (Å²) in [6.45, 7) is 15.4. The van der Waals surface area contributed by atoms with Gasteiger partial charge in [0, 0.05) is 23.7 Å². The summed E-state index contributed by atoms with van der Waals surface area (Å²) in [5.41, 5.74) is -0.494. The first-order valence-electron chi connectivity index (χ1n) is 13.9. The monoisotopic (exact) mass is 508 g/mol. The number of fused-ring (bicyclic) bond motifs is 7. The van der Waals surface area contributed by atoms with E-state index >= 15 is 0 Å². The molecule has 0 spiro atoms. The molecule has 0 bridgehead atoms. The summed E-state index contributed by atoms with van der Waals surface area (Å²) < 4.78 is 0. The molecule has 0 saturated heterocycles. The smallest absolute Gasteiger partial charge is 0.550 e. The van der Waals surface area contributed by atoms with E-state index in [2.05, 4.69) is 47.6 Å². The standard InChI is InChI=1S/C30H46O5.Na/c1-16-17(2)23-18-8-9-22-27(5)14-20(32)24(33)26(3,4)21(27)10-11-29(22,7)28(18,6)12-13-30(23,25(34)35)15-19(16)31;/h8,16-17,20-24,32-33H,9-15H2,1-7H3,(H,34,35);/q;+1/p-1/t16-,17-,20+,21?,22?,23?,24-,27-,28+,29+,30+;/m0./s1. The van der Waals surface area contributed by atoms with Crippen LogP contribution in [-0.2, 0) is 9.59 Å². The van der Waals surface area contributed by atoms with E-state index in [1.54, 1.807) is 0 Å². The van der Waals surface area contributed by atoms with Gasteiger partial charge < -0.3 is 20.1 Å². The molecule has 4 fully saturated rings. The number of Topliss-reactive ketones (excluding diaryl/α,β-unsaturated/α-hetero) is 1. The Balaban J connectivity index is 0.00000304. The van der Waals surface area contributed by atoms with Gasteiger partial charge in [0.2, 0.25) is 0 Å². The fourth-order valence-electron chi connectivity index (χ4n) is 10.8. The summed E-state index contributed by atoms with van der Waals surface area (Å²) in [4.78, 5) is 25.5. The van der Waals surface area contributed by atoms with Crippen molar-refractivity contribution >= 4 is 11.8 Å². The van der Waals surface area contributed by atoms with Gasteiger partial charge in [-0.1, -0.05) is 60.1 Å². The zero-order valence-corrected chi connectivity index (χ0v) is 25.7. The van der Waals surface area contributed by atoms with Crippen LogP contribution in [0.3, 0.4) is 0 Å². The van der Waals surface area contributed by atoms with E-state index in [9.17, 15) is 24.9 Å². The quantitative estimate of drug-likeness (QED) is 0.405. The molecule has 5 aliphatic carbocycles. The van der Waals surface area contributed by atoms with E-state index in [1.165, 1.54) is 5.57 Å². The normalized spacial score (nSPS) is 53.5. The van der Waals surface area contributed by atoms with Crippen LogP contribution >= 0.6 is 0 Å². The number of aliphatic hydroxyl groups is 2. The Labute approximate surface area is 239 Å². The average Bonchev–Trinajstić information content (AvgIpc) is 2.76. The van der Waals surface area contributed by atoms with Gasteiger partial charge in [-0.2, -0.15) is 0 Å². The molecular formula is C30H45NaO5. The Morgan fingerprint density at radius 2 is 1.67 bits per heavy atom. The van der Waals surface area contributed by atoms with Crippen LogP contribution in [0.25, 0.3) is 0 Å². The molecule has 5 nitrogen and oxygen atoms in total. The molecule has 0 aromatic heterocycles. The van der Waals surface area contributed by atoms with Gasteiger partial charge in [-0.05, 0) is 83.9 Å². The summed E-state index contributed by atoms with van der Waals surface area (Å²) >= 11 is 0. The molecule has 5 rings (SSSR count). The van der Waals surface area contributed by atoms with E-state index in [0.29, 0.717) is 24.7 Å². The number of aliphatic hydroxyl groups excluding tert-OH is 2. The van der Waals surface area contributed by atoms with Crippen LogP contribution in [0.15, 0.2) is 11.6 Å². The summed E-state index contributed by atoms with van der Waals surface area (Å²) in [7, 11) is 0. The fourth-order valence-corrected chi connectivity index (χ4v) is 10.8. The molecule has 6 heteroatoms. The predicted octanol–water partition coefficient (Wildman–Crippen LogP) is 0.909. The molecule has 0 heterocycles. The number of carbonyl (C=O) groups excluding carboxylic acids is 2. The van der Waals surface area contributed by atoms with E-state index in [1.807, 2.05) is 6.92 Å². The van der Waals surface area contributed by atoms with Crippen molar-refractivity contribution in [2.45, 2.75) is 106 Å². The largest absolute Gasteiger partial charge is 1.00 e. The molecule has 4 saturated carbocycles. The van der Waals surface area contributed by atoms with Gasteiger partial charge in [-0.25, -0.2) is 0 Å². The van der Waals surface area contributed by atoms with Gasteiger partial charge in [-0.15, -0.1) is 0 Å². The number of aliphatic carboxylic acids is 1. The number of hydrogen-bond donors (Lipinski definition) is 2. The number of carboxylic acids is 1. The van der Waals surface area contributed by atoms with Crippen LogP contribution < -0.4 is 34.7 Å². The summed E-state index contributed by atoms with van der Waals surface area (Å²) in [5, 5.41) is 34.5. The molecule has 5 aliphatic rings. The van der Waals surface area contributed by atoms with Crippen LogP contribution in [0.2, 0.25) is 0 Å². The van der Waals surface area contributed by atoms with E-state index in [4.69, 9.17) is 0 Å². The zero-order chi connectivity index (χ0) is 25.9. The number of hydrogen-bond acceptors (Lipinski definition) is 5. The Bertz CT molecular complexity index is 990. The van der Waals surface area contributed by atoms with Crippen LogP contribution in [0, 0.1) is 56.7 Å². The molecule has 196 valence electrons. The van der Waals surface area contributed by atoms with Crippen LogP contribution in [-0.4, -0.2) is 34.2 Å². The second-order valence-corrected chi connectivity index (χ2v) is 14.5. The molecule has 0 aromatic carbocycles. The fraction of sp³-hybridized carbons (Fsp3) is 0.867. The SMILES string of the molecule is C[C@@H]1C(=O)C[C@]2(C(=O)[O-])CC[C@]3(C)C(=CCC4[C@@]5(C)C[C@@H](O)[C@H](O)C(C)(C)C5CC[C@]43C)C2[C@H]1C.[Na+]. The Morgan fingerprint density at radius 3 is 2.28 bits per heavy atom. The van der Waals surface area contributed by atoms with Gasteiger partial charge in [0.1, 0.15) is 5.78 Å². The molecule has 0 radical (unpaired) electrons. The number of ketones is 1. The van der Waals surface area contributed by atoms with Crippen molar-refractivity contribution in [3.63, 3.8) is 0 Å². The predicted molar refractivity (Wildman–Crippen MR) is 132 cm³/mol.